The highest BCUT2D eigenvalue weighted by molar-refractivity contribution is 5.34. The van der Waals surface area contributed by atoms with Crippen molar-refractivity contribution >= 4 is 0 Å². The molecule has 0 amide bonds. The molecule has 0 aliphatic rings. The Bertz CT molecular complexity index is 370. The Morgan fingerprint density at radius 3 is 2.56 bits per heavy atom. The first-order valence-electron chi connectivity index (χ1n) is 6.26. The van der Waals surface area contributed by atoms with Gasteiger partial charge in [0.15, 0.2) is 0 Å². The van der Waals surface area contributed by atoms with Gasteiger partial charge in [0.1, 0.15) is 12.4 Å². The number of rotatable bonds is 8. The normalized spacial score (nSPS) is 10.3. The summed E-state index contributed by atoms with van der Waals surface area (Å²) in [6.07, 6.45) is 0.796. The zero-order chi connectivity index (χ0) is 13.2. The Balaban J connectivity index is 2.29. The smallest absolute Gasteiger partial charge is 0.119 e. The van der Waals surface area contributed by atoms with Crippen LogP contribution in [0.3, 0.4) is 0 Å². The van der Waals surface area contributed by atoms with Crippen LogP contribution in [0.15, 0.2) is 24.3 Å². The Labute approximate surface area is 108 Å². The van der Waals surface area contributed by atoms with E-state index < -0.39 is 0 Å². The van der Waals surface area contributed by atoms with Crippen molar-refractivity contribution in [3.05, 3.63) is 29.8 Å². The third kappa shape index (κ3) is 5.17. The number of benzene rings is 1. The molecule has 0 saturated carbocycles. The molecule has 1 aromatic carbocycles. The largest absolute Gasteiger partial charge is 0.492 e. The van der Waals surface area contributed by atoms with E-state index in [0.717, 1.165) is 31.8 Å². The lowest BCUT2D eigenvalue weighted by Gasteiger charge is -2.19. The summed E-state index contributed by atoms with van der Waals surface area (Å²) in [5.74, 6) is 0.784. The van der Waals surface area contributed by atoms with Crippen LogP contribution in [0.1, 0.15) is 18.9 Å². The number of nitriles is 1. The molecule has 0 aromatic heterocycles. The second kappa shape index (κ2) is 8.51. The van der Waals surface area contributed by atoms with Crippen LogP contribution in [-0.4, -0.2) is 42.9 Å². The second-order valence-electron chi connectivity index (χ2n) is 4.00. The van der Waals surface area contributed by atoms with Gasteiger partial charge in [-0.3, -0.25) is 0 Å². The van der Waals surface area contributed by atoms with Gasteiger partial charge in [0, 0.05) is 19.7 Å². The van der Waals surface area contributed by atoms with Crippen molar-refractivity contribution in [1.29, 1.82) is 5.26 Å². The lowest BCUT2D eigenvalue weighted by Crippen LogP contribution is -2.29. The first kappa shape index (κ1) is 14.5. The van der Waals surface area contributed by atoms with Gasteiger partial charge in [-0.15, -0.1) is 0 Å². The van der Waals surface area contributed by atoms with Crippen molar-refractivity contribution in [2.24, 2.45) is 0 Å². The zero-order valence-electron chi connectivity index (χ0n) is 10.8. The highest BCUT2D eigenvalue weighted by Crippen LogP contribution is 2.11. The quantitative estimate of drug-likeness (QED) is 0.760. The molecule has 0 spiro atoms. The summed E-state index contributed by atoms with van der Waals surface area (Å²) in [7, 11) is 0. The Morgan fingerprint density at radius 1 is 1.28 bits per heavy atom. The zero-order valence-corrected chi connectivity index (χ0v) is 10.8. The minimum atomic E-state index is 0.229. The minimum Gasteiger partial charge on any atom is -0.492 e. The van der Waals surface area contributed by atoms with Gasteiger partial charge in [0.05, 0.1) is 11.6 Å². The van der Waals surface area contributed by atoms with E-state index in [1.54, 1.807) is 12.1 Å². The van der Waals surface area contributed by atoms with E-state index in [2.05, 4.69) is 17.9 Å². The average molecular weight is 248 g/mol. The summed E-state index contributed by atoms with van der Waals surface area (Å²) >= 11 is 0. The lowest BCUT2D eigenvalue weighted by atomic mass is 10.2. The molecule has 1 N–H and O–H groups in total. The van der Waals surface area contributed by atoms with Crippen molar-refractivity contribution in [3.8, 4) is 11.8 Å². The number of aliphatic hydroxyl groups excluding tert-OH is 1. The summed E-state index contributed by atoms with van der Waals surface area (Å²) in [6, 6.07) is 9.19. The molecular weight excluding hydrogens is 228 g/mol. The molecule has 0 aliphatic carbocycles. The third-order valence-electron chi connectivity index (χ3n) is 2.74. The van der Waals surface area contributed by atoms with Gasteiger partial charge in [-0.2, -0.15) is 5.26 Å². The predicted octanol–water partition coefficient (Wildman–Crippen LogP) is 1.64. The maximum atomic E-state index is 8.78. The highest BCUT2D eigenvalue weighted by atomic mass is 16.5. The van der Waals surface area contributed by atoms with E-state index in [9.17, 15) is 0 Å². The van der Waals surface area contributed by atoms with Crippen LogP contribution >= 0.6 is 0 Å². The van der Waals surface area contributed by atoms with E-state index in [1.807, 2.05) is 12.1 Å². The fraction of sp³-hybridized carbons (Fsp3) is 0.500. The molecule has 0 heterocycles. The van der Waals surface area contributed by atoms with E-state index in [-0.39, 0.29) is 6.61 Å². The van der Waals surface area contributed by atoms with E-state index in [1.165, 1.54) is 0 Å². The van der Waals surface area contributed by atoms with E-state index in [0.29, 0.717) is 12.2 Å². The lowest BCUT2D eigenvalue weighted by molar-refractivity contribution is 0.195. The van der Waals surface area contributed by atoms with Crippen LogP contribution in [0.4, 0.5) is 0 Å². The van der Waals surface area contributed by atoms with Crippen LogP contribution in [0, 0.1) is 11.3 Å². The Morgan fingerprint density at radius 2 is 2.00 bits per heavy atom. The van der Waals surface area contributed by atoms with Crippen molar-refractivity contribution < 1.29 is 9.84 Å². The average Bonchev–Trinajstić information content (AvgIpc) is 2.43. The number of aliphatic hydroxyl groups is 1. The SMILES string of the molecule is CCN(CCCO)CCOc1ccc(C#N)cc1. The molecule has 0 atom stereocenters. The van der Waals surface area contributed by atoms with Gasteiger partial charge in [0.2, 0.25) is 0 Å². The third-order valence-corrected chi connectivity index (χ3v) is 2.74. The van der Waals surface area contributed by atoms with Gasteiger partial charge in [0.25, 0.3) is 0 Å². The van der Waals surface area contributed by atoms with Crippen LogP contribution in [0.2, 0.25) is 0 Å². The van der Waals surface area contributed by atoms with Crippen LogP contribution in [-0.2, 0) is 0 Å². The van der Waals surface area contributed by atoms with Crippen LogP contribution < -0.4 is 4.74 Å². The maximum Gasteiger partial charge on any atom is 0.119 e. The summed E-state index contributed by atoms with van der Waals surface area (Å²) in [4.78, 5) is 2.24. The number of ether oxygens (including phenoxy) is 1. The fourth-order valence-electron chi connectivity index (χ4n) is 1.64. The second-order valence-corrected chi connectivity index (χ2v) is 4.00. The van der Waals surface area contributed by atoms with Gasteiger partial charge >= 0.3 is 0 Å². The molecule has 1 aromatic rings. The minimum absolute atomic E-state index is 0.229. The summed E-state index contributed by atoms with van der Waals surface area (Å²) < 4.78 is 5.60. The van der Waals surface area contributed by atoms with Gasteiger partial charge < -0.3 is 14.7 Å². The number of hydrogen-bond acceptors (Lipinski definition) is 4. The highest BCUT2D eigenvalue weighted by Gasteiger charge is 2.02. The molecule has 0 aliphatic heterocycles. The molecule has 0 unspecified atom stereocenters. The molecule has 18 heavy (non-hydrogen) atoms. The van der Waals surface area contributed by atoms with Crippen molar-refractivity contribution in [2.45, 2.75) is 13.3 Å². The molecule has 0 saturated heterocycles. The fourth-order valence-corrected chi connectivity index (χ4v) is 1.64. The first-order chi connectivity index (χ1) is 8.80. The summed E-state index contributed by atoms with van der Waals surface area (Å²) in [6.45, 7) is 5.63. The van der Waals surface area contributed by atoms with Crippen molar-refractivity contribution in [2.75, 3.05) is 32.8 Å². The Kier molecular flexibility index (Phi) is 6.85. The molecule has 0 radical (unpaired) electrons. The first-order valence-corrected chi connectivity index (χ1v) is 6.26. The van der Waals surface area contributed by atoms with Gasteiger partial charge in [-0.1, -0.05) is 6.92 Å². The van der Waals surface area contributed by atoms with Crippen LogP contribution in [0.25, 0.3) is 0 Å². The Hall–Kier alpha value is -1.57. The maximum absolute atomic E-state index is 8.78. The molecular formula is C14H20N2O2. The van der Waals surface area contributed by atoms with Crippen LogP contribution in [0.5, 0.6) is 5.75 Å². The summed E-state index contributed by atoms with van der Waals surface area (Å²) in [5.41, 5.74) is 0.639. The molecule has 4 nitrogen and oxygen atoms in total. The van der Waals surface area contributed by atoms with Gasteiger partial charge in [-0.25, -0.2) is 0 Å². The molecule has 0 bridgehead atoms. The standard InChI is InChI=1S/C14H20N2O2/c1-2-16(8-3-10-17)9-11-18-14-6-4-13(12-15)5-7-14/h4-7,17H,2-3,8-11H2,1H3. The van der Waals surface area contributed by atoms with E-state index >= 15 is 0 Å². The number of hydrogen-bond donors (Lipinski definition) is 1. The monoisotopic (exact) mass is 248 g/mol. The number of likely N-dealkylation sites (N-methyl/N-ethyl adjacent to an activating group) is 1. The van der Waals surface area contributed by atoms with Gasteiger partial charge in [-0.05, 0) is 37.2 Å². The van der Waals surface area contributed by atoms with Crippen molar-refractivity contribution in [3.63, 3.8) is 0 Å². The molecule has 98 valence electrons. The predicted molar refractivity (Wildman–Crippen MR) is 70.5 cm³/mol. The van der Waals surface area contributed by atoms with E-state index in [4.69, 9.17) is 15.1 Å². The summed E-state index contributed by atoms with van der Waals surface area (Å²) in [5, 5.41) is 17.5. The molecule has 4 heteroatoms. The van der Waals surface area contributed by atoms with Crippen molar-refractivity contribution in [1.82, 2.24) is 4.90 Å². The molecule has 0 fully saturated rings. The number of nitrogens with zero attached hydrogens (tertiary/aromatic N) is 2. The topological polar surface area (TPSA) is 56.5 Å². The molecule has 1 rings (SSSR count).